The average Bonchev–Trinajstić information content (AvgIpc) is 3.11. The summed E-state index contributed by atoms with van der Waals surface area (Å²) in [6.07, 6.45) is 0. The van der Waals surface area contributed by atoms with Crippen LogP contribution in [0.1, 0.15) is 16.8 Å². The van der Waals surface area contributed by atoms with Crippen LogP contribution in [0.2, 0.25) is 0 Å². The molecule has 0 unspecified atom stereocenters. The zero-order chi connectivity index (χ0) is 16.6. The van der Waals surface area contributed by atoms with Gasteiger partial charge in [-0.3, -0.25) is 4.72 Å². The van der Waals surface area contributed by atoms with E-state index in [1.165, 1.54) is 0 Å². The van der Waals surface area contributed by atoms with Gasteiger partial charge in [-0.25, -0.2) is 8.42 Å². The minimum Gasteiger partial charge on any atom is -0.355 e. The summed E-state index contributed by atoms with van der Waals surface area (Å²) < 4.78 is 33.2. The molecule has 2 aromatic heterocycles. The number of nitrogens with one attached hydrogen (secondary N) is 1. The van der Waals surface area contributed by atoms with Crippen molar-refractivity contribution in [2.45, 2.75) is 25.0 Å². The maximum absolute atomic E-state index is 12.6. The molecule has 3 aromatic rings. The molecule has 0 fully saturated rings. The number of anilines is 1. The van der Waals surface area contributed by atoms with Gasteiger partial charge in [-0.05, 0) is 50.1 Å². The number of nitrogens with zero attached hydrogens (tertiary/aromatic N) is 1. The van der Waals surface area contributed by atoms with Crippen molar-refractivity contribution in [2.24, 2.45) is 0 Å². The molecule has 0 atom stereocenters. The predicted molar refractivity (Wildman–Crippen MR) is 91.3 cm³/mol. The number of hydrogen-bond acceptors (Lipinski definition) is 5. The van der Waals surface area contributed by atoms with Gasteiger partial charge < -0.3 is 4.52 Å². The molecule has 0 radical (unpaired) electrons. The Morgan fingerprint density at radius 2 is 1.87 bits per heavy atom. The fraction of sp³-hybridized carbons (Fsp3) is 0.188. The number of thiophene rings is 1. The molecule has 23 heavy (non-hydrogen) atoms. The summed E-state index contributed by atoms with van der Waals surface area (Å²) in [5, 5.41) is 3.82. The Hall–Kier alpha value is -2.12. The van der Waals surface area contributed by atoms with E-state index < -0.39 is 10.0 Å². The Morgan fingerprint density at radius 3 is 2.57 bits per heavy atom. The molecule has 0 aliphatic rings. The minimum atomic E-state index is -3.63. The van der Waals surface area contributed by atoms with E-state index >= 15 is 0 Å². The average molecular weight is 348 g/mol. The molecule has 5 nitrogen and oxygen atoms in total. The molecule has 0 spiro atoms. The van der Waals surface area contributed by atoms with Gasteiger partial charge in [0, 0.05) is 6.07 Å². The van der Waals surface area contributed by atoms with E-state index in [1.807, 2.05) is 39.0 Å². The van der Waals surface area contributed by atoms with Crippen molar-refractivity contribution in [3.05, 3.63) is 53.2 Å². The van der Waals surface area contributed by atoms with E-state index in [2.05, 4.69) is 9.88 Å². The van der Waals surface area contributed by atoms with Crippen molar-refractivity contribution in [3.8, 4) is 10.6 Å². The third-order valence-corrected chi connectivity index (χ3v) is 6.31. The summed E-state index contributed by atoms with van der Waals surface area (Å²) >= 11 is 1.15. The first-order chi connectivity index (χ1) is 10.8. The smallest absolute Gasteiger partial charge is 0.271 e. The van der Waals surface area contributed by atoms with Gasteiger partial charge in [0.1, 0.15) is 4.21 Å². The van der Waals surface area contributed by atoms with Crippen LogP contribution in [0.5, 0.6) is 0 Å². The van der Waals surface area contributed by atoms with Gasteiger partial charge in [0.05, 0.1) is 16.3 Å². The molecular formula is C16H16N2O3S2. The highest BCUT2D eigenvalue weighted by molar-refractivity contribution is 7.94. The monoisotopic (exact) mass is 348 g/mol. The van der Waals surface area contributed by atoms with Crippen molar-refractivity contribution < 1.29 is 12.9 Å². The highest BCUT2D eigenvalue weighted by Crippen LogP contribution is 2.32. The second kappa shape index (κ2) is 5.82. The number of aryl methyl sites for hydroxylation is 3. The quantitative estimate of drug-likeness (QED) is 0.769. The Bertz CT molecular complexity index is 955. The van der Waals surface area contributed by atoms with Crippen molar-refractivity contribution in [2.75, 3.05) is 4.72 Å². The molecule has 1 aromatic carbocycles. The molecule has 0 saturated heterocycles. The second-order valence-corrected chi connectivity index (χ2v) is 8.37. The van der Waals surface area contributed by atoms with Gasteiger partial charge in [0.15, 0.2) is 5.76 Å². The summed E-state index contributed by atoms with van der Waals surface area (Å²) in [7, 11) is -3.63. The fourth-order valence-electron chi connectivity index (χ4n) is 2.12. The molecule has 1 N–H and O–H groups in total. The lowest BCUT2D eigenvalue weighted by Crippen LogP contribution is -2.12. The fourth-order valence-corrected chi connectivity index (χ4v) is 4.49. The maximum Gasteiger partial charge on any atom is 0.271 e. The number of rotatable bonds is 4. The van der Waals surface area contributed by atoms with Crippen LogP contribution >= 0.6 is 11.3 Å². The Kier molecular flexibility index (Phi) is 3.99. The molecule has 3 rings (SSSR count). The zero-order valence-corrected chi connectivity index (χ0v) is 14.6. The zero-order valence-electron chi connectivity index (χ0n) is 13.0. The van der Waals surface area contributed by atoms with Gasteiger partial charge in [-0.1, -0.05) is 17.3 Å². The highest BCUT2D eigenvalue weighted by Gasteiger charge is 2.19. The molecule has 0 amide bonds. The van der Waals surface area contributed by atoms with Crippen LogP contribution in [0.25, 0.3) is 10.6 Å². The van der Waals surface area contributed by atoms with Gasteiger partial charge in [-0.2, -0.15) is 0 Å². The van der Waals surface area contributed by atoms with E-state index in [4.69, 9.17) is 4.52 Å². The summed E-state index contributed by atoms with van der Waals surface area (Å²) in [5.74, 6) is 0.570. The Morgan fingerprint density at radius 1 is 1.09 bits per heavy atom. The second-order valence-electron chi connectivity index (χ2n) is 5.38. The SMILES string of the molecule is Cc1ccc(C)c(NS(=O)(=O)c2ccc(-c3cc(C)no3)s2)c1. The Labute approximate surface area is 139 Å². The highest BCUT2D eigenvalue weighted by atomic mass is 32.2. The van der Waals surface area contributed by atoms with Crippen molar-refractivity contribution >= 4 is 27.0 Å². The predicted octanol–water partition coefficient (Wildman–Crippen LogP) is 4.13. The van der Waals surface area contributed by atoms with Crippen LogP contribution in [0.4, 0.5) is 5.69 Å². The largest absolute Gasteiger partial charge is 0.355 e. The molecule has 120 valence electrons. The van der Waals surface area contributed by atoms with Crippen LogP contribution in [0, 0.1) is 20.8 Å². The molecule has 0 bridgehead atoms. The van der Waals surface area contributed by atoms with Crippen molar-refractivity contribution in [1.82, 2.24) is 5.16 Å². The summed E-state index contributed by atoms with van der Waals surface area (Å²) in [6.45, 7) is 5.61. The molecule has 7 heteroatoms. The van der Waals surface area contributed by atoms with Crippen LogP contribution in [-0.2, 0) is 10.0 Å². The lowest BCUT2D eigenvalue weighted by atomic mass is 10.1. The first-order valence-corrected chi connectivity index (χ1v) is 9.29. The van der Waals surface area contributed by atoms with Crippen LogP contribution in [0.3, 0.4) is 0 Å². The van der Waals surface area contributed by atoms with E-state index in [0.29, 0.717) is 11.4 Å². The molecule has 0 aliphatic carbocycles. The van der Waals surface area contributed by atoms with Crippen molar-refractivity contribution in [3.63, 3.8) is 0 Å². The Balaban J connectivity index is 1.91. The van der Waals surface area contributed by atoms with Gasteiger partial charge >= 0.3 is 0 Å². The van der Waals surface area contributed by atoms with Gasteiger partial charge in [0.25, 0.3) is 10.0 Å². The van der Waals surface area contributed by atoms with Gasteiger partial charge in [-0.15, -0.1) is 11.3 Å². The molecule has 0 saturated carbocycles. The number of sulfonamides is 1. The lowest BCUT2D eigenvalue weighted by molar-refractivity contribution is 0.428. The van der Waals surface area contributed by atoms with E-state index in [-0.39, 0.29) is 4.21 Å². The summed E-state index contributed by atoms with van der Waals surface area (Å²) in [5.41, 5.74) is 3.22. The van der Waals surface area contributed by atoms with Gasteiger partial charge in [0.2, 0.25) is 0 Å². The van der Waals surface area contributed by atoms with Crippen LogP contribution < -0.4 is 4.72 Å². The minimum absolute atomic E-state index is 0.238. The van der Waals surface area contributed by atoms with Crippen LogP contribution in [-0.4, -0.2) is 13.6 Å². The standard InChI is InChI=1S/C16H16N2O3S2/c1-10-4-5-11(2)13(8-10)18-23(19,20)16-7-6-15(22-16)14-9-12(3)17-21-14/h4-9,18H,1-3H3. The first-order valence-electron chi connectivity index (χ1n) is 6.99. The summed E-state index contributed by atoms with van der Waals surface area (Å²) in [4.78, 5) is 0.729. The number of benzene rings is 1. The maximum atomic E-state index is 12.6. The lowest BCUT2D eigenvalue weighted by Gasteiger charge is -2.10. The first kappa shape index (κ1) is 15.8. The van der Waals surface area contributed by atoms with Crippen molar-refractivity contribution in [1.29, 1.82) is 0 Å². The topological polar surface area (TPSA) is 72.2 Å². The van der Waals surface area contributed by atoms with Crippen LogP contribution in [0.15, 0.2) is 45.1 Å². The third-order valence-electron chi connectivity index (χ3n) is 3.35. The van der Waals surface area contributed by atoms with E-state index in [1.54, 1.807) is 18.2 Å². The number of hydrogen-bond donors (Lipinski definition) is 1. The number of aromatic nitrogens is 1. The van der Waals surface area contributed by atoms with E-state index in [9.17, 15) is 8.42 Å². The molecular weight excluding hydrogens is 332 g/mol. The van der Waals surface area contributed by atoms with E-state index in [0.717, 1.165) is 33.0 Å². The summed E-state index contributed by atoms with van der Waals surface area (Å²) in [6, 6.07) is 10.7. The molecule has 0 aliphatic heterocycles. The third kappa shape index (κ3) is 3.30. The normalized spacial score (nSPS) is 11.6. The molecule has 2 heterocycles.